The standard InChI is InChI=1S/C24H34N2O2/c1-19-9-10-24(15-20(19)2)28-23-11-13-26(14-12-23)18-22(27)17-25(3)16-21-7-5-4-6-8-21/h4-10,15,22-23,27H,11-14,16-18H2,1-3H3. The number of benzene rings is 2. The molecule has 3 rings (SSSR count). The molecule has 28 heavy (non-hydrogen) atoms. The van der Waals surface area contributed by atoms with Crippen molar-refractivity contribution in [2.24, 2.45) is 0 Å². The fourth-order valence-corrected chi connectivity index (χ4v) is 3.86. The first-order chi connectivity index (χ1) is 13.5. The molecule has 4 nitrogen and oxygen atoms in total. The topological polar surface area (TPSA) is 35.9 Å². The number of ether oxygens (including phenoxy) is 1. The second kappa shape index (κ2) is 10.1. The molecule has 152 valence electrons. The molecule has 0 radical (unpaired) electrons. The van der Waals surface area contributed by atoms with Gasteiger partial charge in [-0.15, -0.1) is 0 Å². The van der Waals surface area contributed by atoms with Crippen LogP contribution in [0.2, 0.25) is 0 Å². The van der Waals surface area contributed by atoms with E-state index in [0.29, 0.717) is 6.54 Å². The third kappa shape index (κ3) is 6.33. The lowest BCUT2D eigenvalue weighted by Crippen LogP contribution is -2.44. The van der Waals surface area contributed by atoms with Crippen LogP contribution in [0.1, 0.15) is 29.5 Å². The molecule has 1 N–H and O–H groups in total. The van der Waals surface area contributed by atoms with Crippen molar-refractivity contribution < 1.29 is 9.84 Å². The Labute approximate surface area is 169 Å². The summed E-state index contributed by atoms with van der Waals surface area (Å²) in [5, 5.41) is 10.5. The zero-order valence-corrected chi connectivity index (χ0v) is 17.5. The molecule has 0 amide bonds. The fraction of sp³-hybridized carbons (Fsp3) is 0.500. The molecule has 0 bridgehead atoms. The lowest BCUT2D eigenvalue weighted by molar-refractivity contribution is 0.0469. The largest absolute Gasteiger partial charge is 0.490 e. The summed E-state index contributed by atoms with van der Waals surface area (Å²) >= 11 is 0. The van der Waals surface area contributed by atoms with Crippen LogP contribution < -0.4 is 4.74 Å². The number of hydrogen-bond acceptors (Lipinski definition) is 4. The Morgan fingerprint density at radius 1 is 1.07 bits per heavy atom. The molecular formula is C24H34N2O2. The molecule has 1 heterocycles. The van der Waals surface area contributed by atoms with Gasteiger partial charge in [0, 0.05) is 32.7 Å². The van der Waals surface area contributed by atoms with E-state index in [4.69, 9.17) is 4.74 Å². The minimum atomic E-state index is -0.328. The minimum absolute atomic E-state index is 0.274. The number of rotatable bonds is 8. The zero-order valence-electron chi connectivity index (χ0n) is 17.5. The Bertz CT molecular complexity index is 727. The Kier molecular flexibility index (Phi) is 7.49. The minimum Gasteiger partial charge on any atom is -0.490 e. The van der Waals surface area contributed by atoms with Crippen LogP contribution in [0.15, 0.2) is 48.5 Å². The highest BCUT2D eigenvalue weighted by molar-refractivity contribution is 5.33. The van der Waals surface area contributed by atoms with Gasteiger partial charge in [-0.2, -0.15) is 0 Å². The van der Waals surface area contributed by atoms with Crippen molar-refractivity contribution in [2.75, 3.05) is 33.2 Å². The maximum absolute atomic E-state index is 10.5. The zero-order chi connectivity index (χ0) is 19.9. The van der Waals surface area contributed by atoms with E-state index in [0.717, 1.165) is 44.8 Å². The molecule has 1 unspecified atom stereocenters. The molecule has 1 atom stereocenters. The van der Waals surface area contributed by atoms with Gasteiger partial charge in [0.2, 0.25) is 0 Å². The van der Waals surface area contributed by atoms with Crippen LogP contribution >= 0.6 is 0 Å². The van der Waals surface area contributed by atoms with Crippen LogP contribution in [0.4, 0.5) is 0 Å². The highest BCUT2D eigenvalue weighted by Crippen LogP contribution is 2.22. The summed E-state index contributed by atoms with van der Waals surface area (Å²) in [4.78, 5) is 4.55. The molecule has 1 aliphatic heterocycles. The van der Waals surface area contributed by atoms with Gasteiger partial charge in [-0.1, -0.05) is 36.4 Å². The summed E-state index contributed by atoms with van der Waals surface area (Å²) in [7, 11) is 2.07. The van der Waals surface area contributed by atoms with Crippen molar-refractivity contribution in [3.63, 3.8) is 0 Å². The van der Waals surface area contributed by atoms with E-state index in [2.05, 4.69) is 73.2 Å². The molecule has 0 aromatic heterocycles. The average Bonchev–Trinajstić information content (AvgIpc) is 2.67. The van der Waals surface area contributed by atoms with Crippen LogP contribution in [0, 0.1) is 13.8 Å². The van der Waals surface area contributed by atoms with Crippen LogP contribution in [-0.2, 0) is 6.54 Å². The number of aliphatic hydroxyl groups excluding tert-OH is 1. The van der Waals surface area contributed by atoms with Gasteiger partial charge in [0.25, 0.3) is 0 Å². The molecule has 1 fully saturated rings. The summed E-state index contributed by atoms with van der Waals surface area (Å²) in [6, 6.07) is 16.7. The van der Waals surface area contributed by atoms with E-state index in [1.54, 1.807) is 0 Å². The fourth-order valence-electron chi connectivity index (χ4n) is 3.86. The normalized spacial score (nSPS) is 17.0. The summed E-state index contributed by atoms with van der Waals surface area (Å²) in [6.45, 7) is 8.50. The highest BCUT2D eigenvalue weighted by Gasteiger charge is 2.22. The SMILES string of the molecule is Cc1ccc(OC2CCN(CC(O)CN(C)Cc3ccccc3)CC2)cc1C. The van der Waals surface area contributed by atoms with E-state index in [1.807, 2.05) is 6.07 Å². The molecule has 0 spiro atoms. The van der Waals surface area contributed by atoms with Crippen LogP contribution in [-0.4, -0.2) is 60.3 Å². The number of likely N-dealkylation sites (tertiary alicyclic amines) is 1. The third-order valence-corrected chi connectivity index (χ3v) is 5.60. The molecule has 1 saturated heterocycles. The van der Waals surface area contributed by atoms with E-state index in [9.17, 15) is 5.11 Å². The summed E-state index contributed by atoms with van der Waals surface area (Å²) in [6.07, 6.45) is 1.97. The predicted octanol–water partition coefficient (Wildman–Crippen LogP) is 3.64. The first kappa shape index (κ1) is 20.8. The van der Waals surface area contributed by atoms with Crippen molar-refractivity contribution in [1.82, 2.24) is 9.80 Å². The number of aryl methyl sites for hydroxylation is 2. The van der Waals surface area contributed by atoms with Gasteiger partial charge in [0.05, 0.1) is 6.10 Å². The van der Waals surface area contributed by atoms with E-state index in [-0.39, 0.29) is 12.2 Å². The van der Waals surface area contributed by atoms with Crippen molar-refractivity contribution in [2.45, 2.75) is 45.4 Å². The van der Waals surface area contributed by atoms with Crippen molar-refractivity contribution in [1.29, 1.82) is 0 Å². The lowest BCUT2D eigenvalue weighted by Gasteiger charge is -2.34. The molecule has 4 heteroatoms. The second-order valence-electron chi connectivity index (χ2n) is 8.20. The van der Waals surface area contributed by atoms with Gasteiger partial charge in [-0.25, -0.2) is 0 Å². The van der Waals surface area contributed by atoms with E-state index < -0.39 is 0 Å². The van der Waals surface area contributed by atoms with Gasteiger partial charge in [0.1, 0.15) is 11.9 Å². The summed E-state index contributed by atoms with van der Waals surface area (Å²) in [5.41, 5.74) is 3.85. The molecule has 0 aliphatic carbocycles. The Hall–Kier alpha value is -1.88. The smallest absolute Gasteiger partial charge is 0.120 e. The predicted molar refractivity (Wildman–Crippen MR) is 115 cm³/mol. The summed E-state index contributed by atoms with van der Waals surface area (Å²) in [5.74, 6) is 0.976. The van der Waals surface area contributed by atoms with E-state index >= 15 is 0 Å². The Morgan fingerprint density at radius 2 is 1.79 bits per heavy atom. The molecule has 2 aromatic carbocycles. The molecular weight excluding hydrogens is 348 g/mol. The van der Waals surface area contributed by atoms with Crippen LogP contribution in [0.5, 0.6) is 5.75 Å². The molecule has 2 aromatic rings. The Morgan fingerprint density at radius 3 is 2.46 bits per heavy atom. The number of nitrogens with zero attached hydrogens (tertiary/aromatic N) is 2. The maximum Gasteiger partial charge on any atom is 0.120 e. The summed E-state index contributed by atoms with van der Waals surface area (Å²) < 4.78 is 6.18. The quantitative estimate of drug-likeness (QED) is 0.756. The first-order valence-corrected chi connectivity index (χ1v) is 10.4. The van der Waals surface area contributed by atoms with Crippen molar-refractivity contribution in [3.8, 4) is 5.75 Å². The highest BCUT2D eigenvalue weighted by atomic mass is 16.5. The van der Waals surface area contributed by atoms with Gasteiger partial charge >= 0.3 is 0 Å². The molecule has 1 aliphatic rings. The molecule has 0 saturated carbocycles. The van der Waals surface area contributed by atoms with Crippen molar-refractivity contribution >= 4 is 0 Å². The third-order valence-electron chi connectivity index (χ3n) is 5.60. The van der Waals surface area contributed by atoms with Gasteiger partial charge < -0.3 is 14.7 Å². The monoisotopic (exact) mass is 382 g/mol. The van der Waals surface area contributed by atoms with Gasteiger partial charge in [0.15, 0.2) is 0 Å². The van der Waals surface area contributed by atoms with Gasteiger partial charge in [-0.3, -0.25) is 4.90 Å². The number of β-amino-alcohol motifs (C(OH)–C–C–N with tert-alkyl or cyclic N) is 1. The van der Waals surface area contributed by atoms with Crippen molar-refractivity contribution in [3.05, 3.63) is 65.2 Å². The maximum atomic E-state index is 10.5. The average molecular weight is 383 g/mol. The number of likely N-dealkylation sites (N-methyl/N-ethyl adjacent to an activating group) is 1. The van der Waals surface area contributed by atoms with Crippen LogP contribution in [0.25, 0.3) is 0 Å². The second-order valence-corrected chi connectivity index (χ2v) is 8.20. The van der Waals surface area contributed by atoms with Crippen LogP contribution in [0.3, 0.4) is 0 Å². The number of piperidine rings is 1. The number of aliphatic hydroxyl groups is 1. The first-order valence-electron chi connectivity index (χ1n) is 10.4. The number of hydrogen-bond donors (Lipinski definition) is 1. The lowest BCUT2D eigenvalue weighted by atomic mass is 10.1. The van der Waals surface area contributed by atoms with Gasteiger partial charge in [-0.05, 0) is 62.6 Å². The Balaban J connectivity index is 1.38. The van der Waals surface area contributed by atoms with E-state index in [1.165, 1.54) is 16.7 Å².